The number of hydrogen-bond donors (Lipinski definition) is 1. The first-order valence-corrected chi connectivity index (χ1v) is 7.10. The van der Waals surface area contributed by atoms with Crippen LogP contribution in [-0.2, 0) is 9.84 Å². The van der Waals surface area contributed by atoms with Gasteiger partial charge in [-0.1, -0.05) is 6.07 Å². The van der Waals surface area contributed by atoms with E-state index in [1.807, 2.05) is 0 Å². The van der Waals surface area contributed by atoms with Crippen LogP contribution >= 0.6 is 0 Å². The second-order valence-corrected chi connectivity index (χ2v) is 6.10. The lowest BCUT2D eigenvalue weighted by Crippen LogP contribution is -2.13. The van der Waals surface area contributed by atoms with Gasteiger partial charge in [-0.2, -0.15) is 0 Å². The van der Waals surface area contributed by atoms with E-state index in [0.29, 0.717) is 0 Å². The van der Waals surface area contributed by atoms with Gasteiger partial charge in [0.25, 0.3) is 0 Å². The number of hydrogen-bond acceptors (Lipinski definition) is 3. The quantitative estimate of drug-likeness (QED) is 0.859. The van der Waals surface area contributed by atoms with Crippen molar-refractivity contribution in [1.29, 1.82) is 0 Å². The zero-order chi connectivity index (χ0) is 11.8. The molecule has 1 heterocycles. The highest BCUT2D eigenvalue weighted by atomic mass is 32.2. The van der Waals surface area contributed by atoms with Crippen molar-refractivity contribution in [2.75, 3.05) is 12.8 Å². The number of halogens is 1. The highest BCUT2D eigenvalue weighted by molar-refractivity contribution is 7.90. The Morgan fingerprint density at radius 1 is 1.44 bits per heavy atom. The second-order valence-electron chi connectivity index (χ2n) is 4.11. The first-order chi connectivity index (χ1) is 7.48. The first kappa shape index (κ1) is 11.5. The minimum Gasteiger partial charge on any atom is -0.310 e. The minimum absolute atomic E-state index is 0.154. The second kappa shape index (κ2) is 4.14. The van der Waals surface area contributed by atoms with E-state index in [2.05, 4.69) is 5.32 Å². The number of nitrogens with one attached hydrogen (secondary N) is 1. The van der Waals surface area contributed by atoms with Crippen molar-refractivity contribution >= 4 is 9.84 Å². The minimum atomic E-state index is -3.49. The molecule has 1 aliphatic heterocycles. The van der Waals surface area contributed by atoms with Crippen molar-refractivity contribution in [2.45, 2.75) is 23.8 Å². The Morgan fingerprint density at radius 2 is 2.19 bits per heavy atom. The van der Waals surface area contributed by atoms with Crippen molar-refractivity contribution < 1.29 is 12.8 Å². The summed E-state index contributed by atoms with van der Waals surface area (Å²) in [5, 5.41) is 3.25. The molecule has 1 atom stereocenters. The molecule has 1 aromatic rings. The first-order valence-electron chi connectivity index (χ1n) is 5.21. The van der Waals surface area contributed by atoms with Crippen LogP contribution in [0.5, 0.6) is 0 Å². The lowest BCUT2D eigenvalue weighted by Gasteiger charge is -2.12. The van der Waals surface area contributed by atoms with Crippen LogP contribution in [-0.4, -0.2) is 21.2 Å². The molecule has 0 bridgehead atoms. The van der Waals surface area contributed by atoms with Gasteiger partial charge in [-0.15, -0.1) is 0 Å². The molecule has 0 aromatic heterocycles. The van der Waals surface area contributed by atoms with Gasteiger partial charge in [0.05, 0.1) is 0 Å². The van der Waals surface area contributed by atoms with Crippen molar-refractivity contribution in [3.8, 4) is 0 Å². The summed E-state index contributed by atoms with van der Waals surface area (Å²) in [6, 6.07) is 4.47. The third-order valence-corrected chi connectivity index (χ3v) is 3.93. The Bertz CT molecular complexity index is 493. The molecule has 16 heavy (non-hydrogen) atoms. The summed E-state index contributed by atoms with van der Waals surface area (Å²) in [6.07, 6.45) is 3.06. The third kappa shape index (κ3) is 2.25. The molecule has 0 radical (unpaired) electrons. The third-order valence-electron chi connectivity index (χ3n) is 2.82. The molecule has 5 heteroatoms. The number of rotatable bonds is 2. The molecule has 0 saturated carbocycles. The fourth-order valence-corrected chi connectivity index (χ4v) is 2.76. The summed E-state index contributed by atoms with van der Waals surface area (Å²) in [6.45, 7) is 0.927. The van der Waals surface area contributed by atoms with Crippen LogP contribution in [0.4, 0.5) is 4.39 Å². The van der Waals surface area contributed by atoms with Crippen LogP contribution in [0.2, 0.25) is 0 Å². The van der Waals surface area contributed by atoms with Crippen molar-refractivity contribution in [2.24, 2.45) is 0 Å². The highest BCUT2D eigenvalue weighted by Crippen LogP contribution is 2.26. The fourth-order valence-electron chi connectivity index (χ4n) is 1.99. The van der Waals surface area contributed by atoms with Gasteiger partial charge in [0.15, 0.2) is 9.84 Å². The maximum absolute atomic E-state index is 13.4. The average Bonchev–Trinajstić information content (AvgIpc) is 2.69. The molecule has 88 valence electrons. The molecular formula is C11H14FNO2S. The zero-order valence-corrected chi connectivity index (χ0v) is 9.85. The predicted molar refractivity (Wildman–Crippen MR) is 59.5 cm³/mol. The van der Waals surface area contributed by atoms with Crippen LogP contribution in [0.3, 0.4) is 0 Å². The van der Waals surface area contributed by atoms with E-state index in [1.54, 1.807) is 6.07 Å². The molecule has 0 amide bonds. The monoisotopic (exact) mass is 243 g/mol. The molecule has 2 rings (SSSR count). The van der Waals surface area contributed by atoms with Gasteiger partial charge in [0, 0.05) is 12.3 Å². The zero-order valence-electron chi connectivity index (χ0n) is 9.03. The van der Waals surface area contributed by atoms with E-state index in [4.69, 9.17) is 0 Å². The van der Waals surface area contributed by atoms with Gasteiger partial charge in [0.1, 0.15) is 10.7 Å². The molecule has 1 fully saturated rings. The summed E-state index contributed by atoms with van der Waals surface area (Å²) in [7, 11) is -3.49. The molecule has 1 unspecified atom stereocenters. The van der Waals surface area contributed by atoms with Crippen LogP contribution < -0.4 is 5.32 Å². The van der Waals surface area contributed by atoms with Crippen LogP contribution in [0.25, 0.3) is 0 Å². The average molecular weight is 243 g/mol. The topological polar surface area (TPSA) is 46.2 Å². The van der Waals surface area contributed by atoms with Gasteiger partial charge in [-0.25, -0.2) is 12.8 Å². The fraction of sp³-hybridized carbons (Fsp3) is 0.455. The molecular weight excluding hydrogens is 229 g/mol. The van der Waals surface area contributed by atoms with Crippen LogP contribution in [0.1, 0.15) is 24.4 Å². The van der Waals surface area contributed by atoms with Crippen molar-refractivity contribution in [3.05, 3.63) is 29.6 Å². The summed E-state index contributed by atoms with van der Waals surface area (Å²) < 4.78 is 36.1. The maximum atomic E-state index is 13.4. The number of sulfone groups is 1. The predicted octanol–water partition coefficient (Wildman–Crippen LogP) is 1.65. The largest absolute Gasteiger partial charge is 0.310 e. The Balaban J connectivity index is 2.43. The van der Waals surface area contributed by atoms with E-state index >= 15 is 0 Å². The summed E-state index contributed by atoms with van der Waals surface area (Å²) in [5.41, 5.74) is 0.847. The highest BCUT2D eigenvalue weighted by Gasteiger charge is 2.20. The summed E-state index contributed by atoms with van der Waals surface area (Å²) >= 11 is 0. The Labute approximate surface area is 94.6 Å². The van der Waals surface area contributed by atoms with Gasteiger partial charge >= 0.3 is 0 Å². The van der Waals surface area contributed by atoms with E-state index in [0.717, 1.165) is 31.2 Å². The normalized spacial score (nSPS) is 21.2. The van der Waals surface area contributed by atoms with E-state index in [-0.39, 0.29) is 10.9 Å². The van der Waals surface area contributed by atoms with E-state index in [1.165, 1.54) is 12.1 Å². The smallest absolute Gasteiger partial charge is 0.178 e. The Hall–Kier alpha value is -0.940. The van der Waals surface area contributed by atoms with E-state index < -0.39 is 15.7 Å². The van der Waals surface area contributed by atoms with Gasteiger partial charge < -0.3 is 5.32 Å². The van der Waals surface area contributed by atoms with Crippen molar-refractivity contribution in [3.63, 3.8) is 0 Å². The Kier molecular flexibility index (Phi) is 2.99. The number of benzene rings is 1. The Morgan fingerprint density at radius 3 is 2.75 bits per heavy atom. The molecule has 1 N–H and O–H groups in total. The summed E-state index contributed by atoms with van der Waals surface area (Å²) in [5.74, 6) is -0.677. The van der Waals surface area contributed by atoms with Gasteiger partial charge in [0.2, 0.25) is 0 Å². The molecule has 0 aliphatic carbocycles. The van der Waals surface area contributed by atoms with Gasteiger partial charge in [-0.3, -0.25) is 0 Å². The lowest BCUT2D eigenvalue weighted by molar-refractivity contribution is 0.566. The standard InChI is InChI=1S/C11H14FNO2S/c1-16(14,15)11-7-8(4-5-9(11)12)10-3-2-6-13-10/h4-5,7,10,13H,2-3,6H2,1H3. The van der Waals surface area contributed by atoms with Gasteiger partial charge in [-0.05, 0) is 37.1 Å². The van der Waals surface area contributed by atoms with Crippen LogP contribution in [0.15, 0.2) is 23.1 Å². The molecule has 1 aromatic carbocycles. The SMILES string of the molecule is CS(=O)(=O)c1cc(C2CCCN2)ccc1F. The molecule has 0 spiro atoms. The van der Waals surface area contributed by atoms with Crippen LogP contribution in [0, 0.1) is 5.82 Å². The molecule has 3 nitrogen and oxygen atoms in total. The van der Waals surface area contributed by atoms with E-state index in [9.17, 15) is 12.8 Å². The lowest BCUT2D eigenvalue weighted by atomic mass is 10.1. The van der Waals surface area contributed by atoms with Crippen molar-refractivity contribution in [1.82, 2.24) is 5.32 Å². The molecule has 1 saturated heterocycles. The summed E-state index contributed by atoms with van der Waals surface area (Å²) in [4.78, 5) is -0.210. The molecule has 1 aliphatic rings. The maximum Gasteiger partial charge on any atom is 0.178 e.